The molecule has 0 saturated carbocycles. The van der Waals surface area contributed by atoms with Gasteiger partial charge in [0, 0.05) is 17.6 Å². The monoisotopic (exact) mass is 303 g/mol. The van der Waals surface area contributed by atoms with Gasteiger partial charge in [0.1, 0.15) is 5.82 Å². The van der Waals surface area contributed by atoms with Crippen LogP contribution in [0, 0.1) is 12.7 Å². The second-order valence-electron chi connectivity index (χ2n) is 4.66. The van der Waals surface area contributed by atoms with Crippen LogP contribution < -0.4 is 5.32 Å². The molecule has 0 aromatic heterocycles. The van der Waals surface area contributed by atoms with Crippen LogP contribution in [0.2, 0.25) is 5.02 Å². The first-order valence-corrected chi connectivity index (χ1v) is 6.89. The summed E-state index contributed by atoms with van der Waals surface area (Å²) >= 11 is 5.99. The first kappa shape index (κ1) is 15.3. The SMILES string of the molecule is Cc1cc(CNC(=O)/C=C/c2ccccc2Cl)ccc1F. The number of hydrogen-bond acceptors (Lipinski definition) is 1. The number of carbonyl (C=O) groups excluding carboxylic acids is 1. The van der Waals surface area contributed by atoms with Crippen molar-refractivity contribution in [3.05, 3.63) is 76.1 Å². The number of halogens is 2. The van der Waals surface area contributed by atoms with Crippen LogP contribution in [0.15, 0.2) is 48.5 Å². The third kappa shape index (κ3) is 4.43. The van der Waals surface area contributed by atoms with Crippen LogP contribution in [0.1, 0.15) is 16.7 Å². The molecule has 4 heteroatoms. The first-order chi connectivity index (χ1) is 10.1. The third-order valence-electron chi connectivity index (χ3n) is 3.01. The van der Waals surface area contributed by atoms with E-state index in [1.807, 2.05) is 18.2 Å². The summed E-state index contributed by atoms with van der Waals surface area (Å²) in [6.45, 7) is 2.05. The summed E-state index contributed by atoms with van der Waals surface area (Å²) in [7, 11) is 0. The lowest BCUT2D eigenvalue weighted by Gasteiger charge is -2.04. The minimum Gasteiger partial charge on any atom is -0.348 e. The Hall–Kier alpha value is -2.13. The van der Waals surface area contributed by atoms with E-state index in [1.54, 1.807) is 31.2 Å². The average molecular weight is 304 g/mol. The summed E-state index contributed by atoms with van der Waals surface area (Å²) in [5, 5.41) is 3.34. The summed E-state index contributed by atoms with van der Waals surface area (Å²) in [5.74, 6) is -0.472. The molecule has 0 bridgehead atoms. The van der Waals surface area contributed by atoms with Gasteiger partial charge in [-0.3, -0.25) is 4.79 Å². The van der Waals surface area contributed by atoms with E-state index in [1.165, 1.54) is 12.1 Å². The van der Waals surface area contributed by atoms with Gasteiger partial charge in [0.05, 0.1) is 0 Å². The maximum atomic E-state index is 13.1. The minimum absolute atomic E-state index is 0.225. The van der Waals surface area contributed by atoms with Crippen molar-refractivity contribution in [1.82, 2.24) is 5.32 Å². The van der Waals surface area contributed by atoms with Crippen molar-refractivity contribution >= 4 is 23.6 Å². The highest BCUT2D eigenvalue weighted by Crippen LogP contribution is 2.16. The van der Waals surface area contributed by atoms with E-state index in [0.29, 0.717) is 17.1 Å². The Kier molecular flexibility index (Phi) is 5.12. The van der Waals surface area contributed by atoms with E-state index < -0.39 is 0 Å². The fourth-order valence-corrected chi connectivity index (χ4v) is 2.04. The van der Waals surface area contributed by atoms with Crippen LogP contribution in [0.3, 0.4) is 0 Å². The second kappa shape index (κ2) is 7.04. The molecule has 0 unspecified atom stereocenters. The van der Waals surface area contributed by atoms with Gasteiger partial charge in [0.2, 0.25) is 5.91 Å². The van der Waals surface area contributed by atoms with Gasteiger partial charge in [-0.1, -0.05) is 41.9 Å². The van der Waals surface area contributed by atoms with Crippen molar-refractivity contribution in [1.29, 1.82) is 0 Å². The Balaban J connectivity index is 1.93. The molecule has 0 atom stereocenters. The standard InChI is InChI=1S/C17H15ClFNO/c1-12-10-13(6-8-16(12)19)11-20-17(21)9-7-14-4-2-3-5-15(14)18/h2-10H,11H2,1H3,(H,20,21)/b9-7+. The van der Waals surface area contributed by atoms with E-state index >= 15 is 0 Å². The van der Waals surface area contributed by atoms with Crippen LogP contribution in [-0.4, -0.2) is 5.91 Å². The van der Waals surface area contributed by atoms with Crippen LogP contribution in [0.5, 0.6) is 0 Å². The van der Waals surface area contributed by atoms with Gasteiger partial charge in [-0.15, -0.1) is 0 Å². The number of amides is 1. The molecule has 2 nitrogen and oxygen atoms in total. The van der Waals surface area contributed by atoms with Crippen molar-refractivity contribution in [2.75, 3.05) is 0 Å². The molecule has 0 radical (unpaired) electrons. The van der Waals surface area contributed by atoms with Crippen LogP contribution in [0.25, 0.3) is 6.08 Å². The minimum atomic E-state index is -0.247. The molecule has 2 aromatic rings. The number of hydrogen-bond donors (Lipinski definition) is 1. The Morgan fingerprint density at radius 3 is 2.76 bits per heavy atom. The van der Waals surface area contributed by atoms with Crippen LogP contribution in [-0.2, 0) is 11.3 Å². The molecule has 0 aliphatic heterocycles. The maximum absolute atomic E-state index is 13.1. The van der Waals surface area contributed by atoms with Crippen molar-refractivity contribution in [2.45, 2.75) is 13.5 Å². The van der Waals surface area contributed by atoms with Gasteiger partial charge in [-0.2, -0.15) is 0 Å². The first-order valence-electron chi connectivity index (χ1n) is 6.52. The fourth-order valence-electron chi connectivity index (χ4n) is 1.84. The molecule has 0 spiro atoms. The fraction of sp³-hybridized carbons (Fsp3) is 0.118. The quantitative estimate of drug-likeness (QED) is 0.846. The third-order valence-corrected chi connectivity index (χ3v) is 3.35. The molecule has 108 valence electrons. The molecule has 1 amide bonds. The Labute approximate surface area is 128 Å². The van der Waals surface area contributed by atoms with Crippen molar-refractivity contribution in [3.8, 4) is 0 Å². The van der Waals surface area contributed by atoms with E-state index in [9.17, 15) is 9.18 Å². The molecule has 2 rings (SSSR count). The van der Waals surface area contributed by atoms with E-state index in [0.717, 1.165) is 11.1 Å². The van der Waals surface area contributed by atoms with Gasteiger partial charge in [0.25, 0.3) is 0 Å². The highest BCUT2D eigenvalue weighted by molar-refractivity contribution is 6.32. The van der Waals surface area contributed by atoms with Gasteiger partial charge in [0.15, 0.2) is 0 Å². The molecule has 0 aliphatic rings. The van der Waals surface area contributed by atoms with Gasteiger partial charge in [-0.25, -0.2) is 4.39 Å². The molecule has 1 N–H and O–H groups in total. The summed E-state index contributed by atoms with van der Waals surface area (Å²) in [6.07, 6.45) is 3.09. The smallest absolute Gasteiger partial charge is 0.244 e. The maximum Gasteiger partial charge on any atom is 0.244 e. The number of carbonyl (C=O) groups is 1. The molecular weight excluding hydrogens is 289 g/mol. The van der Waals surface area contributed by atoms with E-state index in [4.69, 9.17) is 11.6 Å². The lowest BCUT2D eigenvalue weighted by Crippen LogP contribution is -2.20. The molecule has 21 heavy (non-hydrogen) atoms. The zero-order valence-corrected chi connectivity index (χ0v) is 12.3. The van der Waals surface area contributed by atoms with E-state index in [-0.39, 0.29) is 11.7 Å². The van der Waals surface area contributed by atoms with Crippen LogP contribution >= 0.6 is 11.6 Å². The largest absolute Gasteiger partial charge is 0.348 e. The zero-order chi connectivity index (χ0) is 15.2. The second-order valence-corrected chi connectivity index (χ2v) is 5.06. The zero-order valence-electron chi connectivity index (χ0n) is 11.6. The predicted octanol–water partition coefficient (Wildman–Crippen LogP) is 4.12. The van der Waals surface area contributed by atoms with Gasteiger partial charge in [-0.05, 0) is 41.8 Å². The van der Waals surface area contributed by atoms with Crippen LogP contribution in [0.4, 0.5) is 4.39 Å². The summed E-state index contributed by atoms with van der Waals surface area (Å²) in [5.41, 5.74) is 2.20. The normalized spacial score (nSPS) is 10.8. The molecule has 0 aliphatic carbocycles. The molecule has 2 aromatic carbocycles. The summed E-state index contributed by atoms with van der Waals surface area (Å²) in [6, 6.07) is 12.0. The highest BCUT2D eigenvalue weighted by atomic mass is 35.5. The topological polar surface area (TPSA) is 29.1 Å². The summed E-state index contributed by atoms with van der Waals surface area (Å²) < 4.78 is 13.1. The molecule has 0 fully saturated rings. The molecule has 0 saturated heterocycles. The van der Waals surface area contributed by atoms with Crippen molar-refractivity contribution in [3.63, 3.8) is 0 Å². The Morgan fingerprint density at radius 2 is 2.05 bits per heavy atom. The van der Waals surface area contributed by atoms with Gasteiger partial charge < -0.3 is 5.32 Å². The number of rotatable bonds is 4. The number of nitrogens with one attached hydrogen (secondary N) is 1. The lowest BCUT2D eigenvalue weighted by atomic mass is 10.1. The summed E-state index contributed by atoms with van der Waals surface area (Å²) in [4.78, 5) is 11.7. The Bertz CT molecular complexity index is 682. The predicted molar refractivity (Wildman–Crippen MR) is 83.5 cm³/mol. The van der Waals surface area contributed by atoms with Crippen molar-refractivity contribution in [2.24, 2.45) is 0 Å². The van der Waals surface area contributed by atoms with Crippen molar-refractivity contribution < 1.29 is 9.18 Å². The van der Waals surface area contributed by atoms with E-state index in [2.05, 4.69) is 5.32 Å². The number of benzene rings is 2. The number of aryl methyl sites for hydroxylation is 1. The molecule has 0 heterocycles. The average Bonchev–Trinajstić information content (AvgIpc) is 2.47. The highest BCUT2D eigenvalue weighted by Gasteiger charge is 2.01. The Morgan fingerprint density at radius 1 is 1.29 bits per heavy atom. The molecular formula is C17H15ClFNO. The lowest BCUT2D eigenvalue weighted by molar-refractivity contribution is -0.116. The van der Waals surface area contributed by atoms with Gasteiger partial charge >= 0.3 is 0 Å².